The number of ether oxygens (including phenoxy) is 2. The zero-order valence-electron chi connectivity index (χ0n) is 17.4. The number of nitrogens with zero attached hydrogens (tertiary/aromatic N) is 1. The maximum absolute atomic E-state index is 12.3. The Balaban J connectivity index is 1.47. The summed E-state index contributed by atoms with van der Waals surface area (Å²) < 4.78 is 17.6. The fourth-order valence-corrected chi connectivity index (χ4v) is 3.69. The van der Waals surface area contributed by atoms with Crippen molar-refractivity contribution in [2.45, 2.75) is 13.8 Å². The van der Waals surface area contributed by atoms with Gasteiger partial charge in [0.1, 0.15) is 17.0 Å². The smallest absolute Gasteiger partial charge is 0.262 e. The van der Waals surface area contributed by atoms with Crippen molar-refractivity contribution in [1.82, 2.24) is 4.98 Å². The quantitative estimate of drug-likeness (QED) is 0.371. The monoisotopic (exact) mass is 480 g/mol. The predicted molar refractivity (Wildman–Crippen MR) is 124 cm³/mol. The second kappa shape index (κ2) is 8.81. The summed E-state index contributed by atoms with van der Waals surface area (Å²) in [6, 6.07) is 16.7. The van der Waals surface area contributed by atoms with Crippen LogP contribution in [0.25, 0.3) is 22.6 Å². The van der Waals surface area contributed by atoms with Crippen molar-refractivity contribution in [3.63, 3.8) is 0 Å². The molecule has 1 aromatic heterocycles. The van der Waals surface area contributed by atoms with Crippen molar-refractivity contribution in [1.29, 1.82) is 0 Å². The Morgan fingerprint density at radius 3 is 2.71 bits per heavy atom. The summed E-state index contributed by atoms with van der Waals surface area (Å²) in [4.78, 5) is 16.9. The summed E-state index contributed by atoms with van der Waals surface area (Å²) in [5.74, 6) is 1.67. The third kappa shape index (κ3) is 4.56. The minimum atomic E-state index is -0.247. The average molecular weight is 481 g/mol. The van der Waals surface area contributed by atoms with Crippen LogP contribution in [0, 0.1) is 13.8 Å². The van der Waals surface area contributed by atoms with E-state index in [1.807, 2.05) is 50.2 Å². The predicted octanol–water partition coefficient (Wildman–Crippen LogP) is 5.90. The van der Waals surface area contributed by atoms with E-state index >= 15 is 0 Å². The number of aromatic nitrogens is 1. The van der Waals surface area contributed by atoms with Gasteiger partial charge in [0.15, 0.2) is 12.2 Å². The van der Waals surface area contributed by atoms with Crippen molar-refractivity contribution >= 4 is 38.6 Å². The highest BCUT2D eigenvalue weighted by Crippen LogP contribution is 2.32. The number of hydrogen-bond acceptors (Lipinski definition) is 5. The minimum Gasteiger partial charge on any atom is -0.496 e. The highest BCUT2D eigenvalue weighted by atomic mass is 79.9. The molecule has 0 spiro atoms. The largest absolute Gasteiger partial charge is 0.496 e. The molecular formula is C24H21BrN2O4. The second-order valence-corrected chi connectivity index (χ2v) is 7.94. The number of methoxy groups -OCH3 is 1. The SMILES string of the molecule is COc1ccc(-c2nc3cc(NC(=O)COc4cccc(C)c4C)ccc3o2)cc1Br. The Morgan fingerprint density at radius 2 is 1.94 bits per heavy atom. The molecule has 0 atom stereocenters. The first-order valence-electron chi connectivity index (χ1n) is 9.68. The van der Waals surface area contributed by atoms with E-state index < -0.39 is 0 Å². The summed E-state index contributed by atoms with van der Waals surface area (Å²) in [5, 5.41) is 2.84. The van der Waals surface area contributed by atoms with Crippen molar-refractivity contribution in [3.8, 4) is 23.0 Å². The van der Waals surface area contributed by atoms with E-state index in [0.717, 1.165) is 26.9 Å². The van der Waals surface area contributed by atoms with Crippen LogP contribution >= 0.6 is 15.9 Å². The van der Waals surface area contributed by atoms with Gasteiger partial charge in [-0.25, -0.2) is 4.98 Å². The van der Waals surface area contributed by atoms with Gasteiger partial charge in [-0.1, -0.05) is 12.1 Å². The number of hydrogen-bond donors (Lipinski definition) is 1. The summed E-state index contributed by atoms with van der Waals surface area (Å²) in [5.41, 5.74) is 4.86. The first kappa shape index (κ1) is 20.9. The van der Waals surface area contributed by atoms with E-state index in [9.17, 15) is 4.79 Å². The highest BCUT2D eigenvalue weighted by molar-refractivity contribution is 9.10. The number of carbonyl (C=O) groups is 1. The maximum atomic E-state index is 12.3. The van der Waals surface area contributed by atoms with Crippen molar-refractivity contribution in [3.05, 3.63) is 70.2 Å². The van der Waals surface area contributed by atoms with Gasteiger partial charge in [0.2, 0.25) is 5.89 Å². The zero-order valence-corrected chi connectivity index (χ0v) is 18.9. The van der Waals surface area contributed by atoms with Crippen LogP contribution in [-0.2, 0) is 4.79 Å². The summed E-state index contributed by atoms with van der Waals surface area (Å²) in [6.07, 6.45) is 0. The molecule has 7 heteroatoms. The molecule has 0 fully saturated rings. The lowest BCUT2D eigenvalue weighted by molar-refractivity contribution is -0.118. The van der Waals surface area contributed by atoms with Crippen molar-refractivity contribution in [2.75, 3.05) is 19.0 Å². The van der Waals surface area contributed by atoms with Gasteiger partial charge in [-0.15, -0.1) is 0 Å². The Bertz CT molecular complexity index is 1270. The number of oxazole rings is 1. The van der Waals surface area contributed by atoms with Crippen molar-refractivity contribution < 1.29 is 18.7 Å². The van der Waals surface area contributed by atoms with Crippen LogP contribution in [0.4, 0.5) is 5.69 Å². The van der Waals surface area contributed by atoms with Crippen LogP contribution in [0.5, 0.6) is 11.5 Å². The van der Waals surface area contributed by atoms with Gasteiger partial charge in [0, 0.05) is 11.3 Å². The summed E-state index contributed by atoms with van der Waals surface area (Å²) in [6.45, 7) is 3.90. The third-order valence-corrected chi connectivity index (χ3v) is 5.60. The number of nitrogens with one attached hydrogen (secondary N) is 1. The molecule has 0 unspecified atom stereocenters. The lowest BCUT2D eigenvalue weighted by Crippen LogP contribution is -2.20. The molecule has 1 N–H and O–H groups in total. The van der Waals surface area contributed by atoms with E-state index in [1.165, 1.54) is 0 Å². The highest BCUT2D eigenvalue weighted by Gasteiger charge is 2.12. The number of anilines is 1. The van der Waals surface area contributed by atoms with Crippen LogP contribution in [0.2, 0.25) is 0 Å². The van der Waals surface area contributed by atoms with Crippen molar-refractivity contribution in [2.24, 2.45) is 0 Å². The first-order valence-corrected chi connectivity index (χ1v) is 10.5. The summed E-state index contributed by atoms with van der Waals surface area (Å²) >= 11 is 3.47. The number of benzene rings is 3. The fourth-order valence-electron chi connectivity index (χ4n) is 3.15. The van der Waals surface area contributed by atoms with Gasteiger partial charge >= 0.3 is 0 Å². The van der Waals surface area contributed by atoms with Gasteiger partial charge in [-0.3, -0.25) is 4.79 Å². The van der Waals surface area contributed by atoms with Gasteiger partial charge in [-0.05, 0) is 83.4 Å². The molecule has 0 aliphatic rings. The van der Waals surface area contributed by atoms with Gasteiger partial charge in [0.25, 0.3) is 5.91 Å². The summed E-state index contributed by atoms with van der Waals surface area (Å²) in [7, 11) is 1.61. The molecule has 4 aromatic rings. The number of halogens is 1. The van der Waals surface area contributed by atoms with Gasteiger partial charge in [-0.2, -0.15) is 0 Å². The van der Waals surface area contributed by atoms with Gasteiger partial charge < -0.3 is 19.2 Å². The molecule has 0 radical (unpaired) electrons. The standard InChI is InChI=1S/C24H21BrN2O4/c1-14-5-4-6-20(15(14)2)30-13-23(28)26-17-8-10-22-19(12-17)27-24(31-22)16-7-9-21(29-3)18(25)11-16/h4-12H,13H2,1-3H3,(H,26,28). The van der Waals surface area contributed by atoms with Gasteiger partial charge in [0.05, 0.1) is 11.6 Å². The van der Waals surface area contributed by atoms with E-state index in [2.05, 4.69) is 26.2 Å². The molecule has 0 saturated heterocycles. The Hall–Kier alpha value is -3.32. The molecule has 158 valence electrons. The maximum Gasteiger partial charge on any atom is 0.262 e. The number of amides is 1. The van der Waals surface area contributed by atoms with E-state index in [-0.39, 0.29) is 12.5 Å². The molecular weight excluding hydrogens is 460 g/mol. The topological polar surface area (TPSA) is 73.6 Å². The lowest BCUT2D eigenvalue weighted by Gasteiger charge is -2.11. The first-order chi connectivity index (χ1) is 14.9. The van der Waals surface area contributed by atoms with Crippen LogP contribution in [0.3, 0.4) is 0 Å². The average Bonchev–Trinajstić information content (AvgIpc) is 3.18. The van der Waals surface area contributed by atoms with Crippen LogP contribution in [0.1, 0.15) is 11.1 Å². The number of aryl methyl sites for hydroxylation is 1. The molecule has 31 heavy (non-hydrogen) atoms. The number of fused-ring (bicyclic) bond motifs is 1. The number of rotatable bonds is 6. The Kier molecular flexibility index (Phi) is 5.95. The molecule has 0 saturated carbocycles. The van der Waals surface area contributed by atoms with E-state index in [1.54, 1.807) is 25.3 Å². The van der Waals surface area contributed by atoms with E-state index in [4.69, 9.17) is 13.9 Å². The fraction of sp³-hybridized carbons (Fsp3) is 0.167. The van der Waals surface area contributed by atoms with Crippen LogP contribution in [0.15, 0.2) is 63.5 Å². The Morgan fingerprint density at radius 1 is 1.10 bits per heavy atom. The molecule has 0 aliphatic carbocycles. The minimum absolute atomic E-state index is 0.0771. The van der Waals surface area contributed by atoms with Crippen LogP contribution < -0.4 is 14.8 Å². The number of carbonyl (C=O) groups excluding carboxylic acids is 1. The van der Waals surface area contributed by atoms with E-state index in [0.29, 0.717) is 28.4 Å². The lowest BCUT2D eigenvalue weighted by atomic mass is 10.1. The molecule has 4 rings (SSSR count). The molecule has 1 heterocycles. The molecule has 6 nitrogen and oxygen atoms in total. The molecule has 0 aliphatic heterocycles. The molecule has 1 amide bonds. The third-order valence-electron chi connectivity index (χ3n) is 4.98. The molecule has 3 aromatic carbocycles. The second-order valence-electron chi connectivity index (χ2n) is 7.09. The normalized spacial score (nSPS) is 10.8. The van der Waals surface area contributed by atoms with Crippen LogP contribution in [-0.4, -0.2) is 24.6 Å². The zero-order chi connectivity index (χ0) is 22.0. The molecule has 0 bridgehead atoms. The Labute approximate surface area is 188 Å².